The third-order valence-corrected chi connectivity index (χ3v) is 4.19. The monoisotopic (exact) mass is 438 g/mol. The van der Waals surface area contributed by atoms with E-state index in [0.29, 0.717) is 12.1 Å². The first-order valence-corrected chi connectivity index (χ1v) is 8.80. The Hall–Kier alpha value is -0.530. The number of halogens is 1. The highest BCUT2D eigenvalue weighted by molar-refractivity contribution is 14.0. The summed E-state index contributed by atoms with van der Waals surface area (Å²) >= 11 is 0. The van der Waals surface area contributed by atoms with E-state index in [2.05, 4.69) is 29.5 Å². The summed E-state index contributed by atoms with van der Waals surface area (Å²) in [6.45, 7) is 4.62. The predicted molar refractivity (Wildman–Crippen MR) is 109 cm³/mol. The highest BCUT2D eigenvalue weighted by Crippen LogP contribution is 2.17. The van der Waals surface area contributed by atoms with Gasteiger partial charge in [0, 0.05) is 26.2 Å². The maximum atomic E-state index is 11.7. The summed E-state index contributed by atoms with van der Waals surface area (Å²) in [6.07, 6.45) is 9.86. The molecule has 0 saturated heterocycles. The van der Waals surface area contributed by atoms with Crippen LogP contribution in [0.1, 0.15) is 65.2 Å². The summed E-state index contributed by atoms with van der Waals surface area (Å²) < 4.78 is 0. The second kappa shape index (κ2) is 12.8. The van der Waals surface area contributed by atoms with Crippen LogP contribution in [0, 0.1) is 0 Å². The second-order valence-corrected chi connectivity index (χ2v) is 6.62. The number of nitrogens with zero attached hydrogens (tertiary/aromatic N) is 2. The molecule has 1 fully saturated rings. The summed E-state index contributed by atoms with van der Waals surface area (Å²) in [6, 6.07) is 0.886. The number of carbonyl (C=O) groups excluding carboxylic acids is 1. The Balaban J connectivity index is 0.00000484. The van der Waals surface area contributed by atoms with Crippen LogP contribution < -0.4 is 10.6 Å². The smallest absolute Gasteiger partial charge is 0.243 e. The molecule has 0 heterocycles. The number of guanidine groups is 1. The van der Waals surface area contributed by atoms with Crippen molar-refractivity contribution < 1.29 is 4.79 Å². The van der Waals surface area contributed by atoms with Gasteiger partial charge in [-0.15, -0.1) is 24.0 Å². The maximum absolute atomic E-state index is 11.7. The van der Waals surface area contributed by atoms with Crippen molar-refractivity contribution in [2.75, 3.05) is 20.6 Å². The van der Waals surface area contributed by atoms with Crippen LogP contribution in [0.5, 0.6) is 0 Å². The van der Waals surface area contributed by atoms with E-state index >= 15 is 0 Å². The Bertz CT molecular complexity index is 355. The zero-order chi connectivity index (χ0) is 16.4. The highest BCUT2D eigenvalue weighted by atomic mass is 127. The van der Waals surface area contributed by atoms with E-state index in [0.717, 1.165) is 12.4 Å². The first-order valence-electron chi connectivity index (χ1n) is 8.80. The van der Waals surface area contributed by atoms with Gasteiger partial charge >= 0.3 is 0 Å². The van der Waals surface area contributed by atoms with E-state index in [1.165, 1.54) is 44.9 Å². The minimum atomic E-state index is 0. The van der Waals surface area contributed by atoms with Crippen molar-refractivity contribution in [3.63, 3.8) is 0 Å². The first-order chi connectivity index (χ1) is 10.5. The zero-order valence-electron chi connectivity index (χ0n) is 15.2. The van der Waals surface area contributed by atoms with Crippen LogP contribution in [0.3, 0.4) is 0 Å². The fourth-order valence-corrected chi connectivity index (χ4v) is 2.69. The highest BCUT2D eigenvalue weighted by Gasteiger charge is 2.17. The molecule has 0 spiro atoms. The van der Waals surface area contributed by atoms with Crippen LogP contribution in [-0.2, 0) is 4.79 Å². The first kappa shape index (κ1) is 22.5. The van der Waals surface area contributed by atoms with Gasteiger partial charge < -0.3 is 15.5 Å². The molecule has 0 bridgehead atoms. The number of aliphatic imine (C=N–C) groups is 1. The van der Waals surface area contributed by atoms with E-state index in [9.17, 15) is 4.79 Å². The third-order valence-electron chi connectivity index (χ3n) is 4.19. The molecule has 1 unspecified atom stereocenters. The molecule has 0 aromatic heterocycles. The molecular formula is C17H35IN4O. The van der Waals surface area contributed by atoms with E-state index < -0.39 is 0 Å². The maximum Gasteiger partial charge on any atom is 0.243 e. The van der Waals surface area contributed by atoms with Gasteiger partial charge in [-0.2, -0.15) is 0 Å². The molecule has 1 aliphatic rings. The molecule has 1 rings (SSSR count). The lowest BCUT2D eigenvalue weighted by Gasteiger charge is -2.21. The number of hydrogen-bond donors (Lipinski definition) is 2. The molecule has 0 aromatic carbocycles. The summed E-state index contributed by atoms with van der Waals surface area (Å²) in [5.41, 5.74) is 0. The van der Waals surface area contributed by atoms with Gasteiger partial charge in [0.25, 0.3) is 0 Å². The molecule has 1 saturated carbocycles. The molecule has 1 atom stereocenters. The quantitative estimate of drug-likeness (QED) is 0.265. The molecule has 6 heteroatoms. The van der Waals surface area contributed by atoms with Crippen molar-refractivity contribution in [1.29, 1.82) is 0 Å². The summed E-state index contributed by atoms with van der Waals surface area (Å²) in [4.78, 5) is 17.8. The van der Waals surface area contributed by atoms with Crippen molar-refractivity contribution in [3.05, 3.63) is 0 Å². The topological polar surface area (TPSA) is 56.7 Å². The number of carbonyl (C=O) groups is 1. The Morgan fingerprint density at radius 3 is 2.48 bits per heavy atom. The van der Waals surface area contributed by atoms with Gasteiger partial charge in [-0.1, -0.05) is 39.0 Å². The van der Waals surface area contributed by atoms with Crippen molar-refractivity contribution in [2.24, 2.45) is 4.99 Å². The largest absolute Gasteiger partial charge is 0.354 e. The standard InChI is InChI=1S/C17H34N4O.HI/c1-5-6-7-10-14(2)19-17(18-13-16(22)21(3)4)20-15-11-8-9-12-15;/h14-15H,5-13H2,1-4H3,(H2,18,19,20);1H. The second-order valence-electron chi connectivity index (χ2n) is 6.62. The average Bonchev–Trinajstić information content (AvgIpc) is 2.97. The fraction of sp³-hybridized carbons (Fsp3) is 0.882. The lowest BCUT2D eigenvalue weighted by molar-refractivity contribution is -0.127. The van der Waals surface area contributed by atoms with E-state index in [-0.39, 0.29) is 36.4 Å². The number of unbranched alkanes of at least 4 members (excludes halogenated alkanes) is 2. The van der Waals surface area contributed by atoms with Crippen LogP contribution in [-0.4, -0.2) is 49.5 Å². The summed E-state index contributed by atoms with van der Waals surface area (Å²) in [7, 11) is 3.53. The molecule has 136 valence electrons. The molecule has 0 aliphatic heterocycles. The molecule has 2 N–H and O–H groups in total. The molecule has 5 nitrogen and oxygen atoms in total. The number of likely N-dealkylation sites (N-methyl/N-ethyl adjacent to an activating group) is 1. The van der Waals surface area contributed by atoms with Crippen LogP contribution in [0.2, 0.25) is 0 Å². The van der Waals surface area contributed by atoms with Crippen molar-refractivity contribution in [1.82, 2.24) is 15.5 Å². The fourth-order valence-electron chi connectivity index (χ4n) is 2.69. The Labute approximate surface area is 159 Å². The van der Waals surface area contributed by atoms with Crippen molar-refractivity contribution in [3.8, 4) is 0 Å². The predicted octanol–water partition coefficient (Wildman–Crippen LogP) is 3.14. The molecule has 1 amide bonds. The van der Waals surface area contributed by atoms with Gasteiger partial charge in [0.05, 0.1) is 0 Å². The van der Waals surface area contributed by atoms with Gasteiger partial charge in [-0.25, -0.2) is 4.99 Å². The van der Waals surface area contributed by atoms with Crippen LogP contribution in [0.25, 0.3) is 0 Å². The number of amides is 1. The van der Waals surface area contributed by atoms with Gasteiger partial charge in [0.2, 0.25) is 5.91 Å². The molecule has 0 radical (unpaired) electrons. The normalized spacial score (nSPS) is 16.6. The van der Waals surface area contributed by atoms with Crippen LogP contribution >= 0.6 is 24.0 Å². The zero-order valence-corrected chi connectivity index (χ0v) is 17.6. The number of nitrogens with one attached hydrogen (secondary N) is 2. The number of hydrogen-bond acceptors (Lipinski definition) is 2. The minimum absolute atomic E-state index is 0. The third kappa shape index (κ3) is 10.0. The molecular weight excluding hydrogens is 403 g/mol. The number of rotatable bonds is 8. The lowest BCUT2D eigenvalue weighted by Crippen LogP contribution is -2.46. The molecule has 23 heavy (non-hydrogen) atoms. The van der Waals surface area contributed by atoms with Gasteiger partial charge in [0.15, 0.2) is 5.96 Å². The SMILES string of the molecule is CCCCCC(C)NC(=NCC(=O)N(C)C)NC1CCCC1.I. The van der Waals surface area contributed by atoms with Crippen molar-refractivity contribution >= 4 is 35.8 Å². The van der Waals surface area contributed by atoms with E-state index in [1.807, 2.05) is 0 Å². The average molecular weight is 438 g/mol. The minimum Gasteiger partial charge on any atom is -0.354 e. The van der Waals surface area contributed by atoms with Gasteiger partial charge in [0.1, 0.15) is 6.54 Å². The Morgan fingerprint density at radius 1 is 1.26 bits per heavy atom. The van der Waals surface area contributed by atoms with E-state index in [4.69, 9.17) is 0 Å². The van der Waals surface area contributed by atoms with E-state index in [1.54, 1.807) is 19.0 Å². The Kier molecular flexibility index (Phi) is 12.5. The van der Waals surface area contributed by atoms with Gasteiger partial charge in [-0.05, 0) is 26.2 Å². The van der Waals surface area contributed by atoms with Gasteiger partial charge in [-0.3, -0.25) is 4.79 Å². The summed E-state index contributed by atoms with van der Waals surface area (Å²) in [5.74, 6) is 0.831. The summed E-state index contributed by atoms with van der Waals surface area (Å²) in [5, 5.41) is 6.96. The lowest BCUT2D eigenvalue weighted by atomic mass is 10.1. The van der Waals surface area contributed by atoms with Crippen LogP contribution in [0.4, 0.5) is 0 Å². The molecule has 0 aromatic rings. The van der Waals surface area contributed by atoms with Crippen molar-refractivity contribution in [2.45, 2.75) is 77.3 Å². The van der Waals surface area contributed by atoms with Crippen LogP contribution in [0.15, 0.2) is 4.99 Å². The Morgan fingerprint density at radius 2 is 1.91 bits per heavy atom. The molecule has 1 aliphatic carbocycles.